The highest BCUT2D eigenvalue weighted by atomic mass is 16.6. The van der Waals surface area contributed by atoms with E-state index in [9.17, 15) is 14.9 Å². The fourth-order valence-corrected chi connectivity index (χ4v) is 6.20. The van der Waals surface area contributed by atoms with E-state index < -0.39 is 4.92 Å². The number of aromatic nitrogens is 2. The van der Waals surface area contributed by atoms with Gasteiger partial charge in [-0.25, -0.2) is 4.79 Å². The van der Waals surface area contributed by atoms with Crippen molar-refractivity contribution in [1.29, 1.82) is 0 Å². The van der Waals surface area contributed by atoms with Gasteiger partial charge in [0.1, 0.15) is 6.61 Å². The van der Waals surface area contributed by atoms with Crippen LogP contribution >= 0.6 is 0 Å². The number of rotatable bonds is 10. The number of nitro groups is 1. The molecule has 1 aliphatic carbocycles. The van der Waals surface area contributed by atoms with Crippen LogP contribution in [0.15, 0.2) is 73.1 Å². The highest BCUT2D eigenvalue weighted by molar-refractivity contribution is 5.83. The third kappa shape index (κ3) is 9.40. The Kier molecular flexibility index (Phi) is 12.2. The second-order valence-electron chi connectivity index (χ2n) is 12.1. The molecule has 1 aromatic heterocycles. The lowest BCUT2D eigenvalue weighted by molar-refractivity contribution is -0.385. The van der Waals surface area contributed by atoms with E-state index in [1.165, 1.54) is 31.3 Å². The zero-order valence-electron chi connectivity index (χ0n) is 26.6. The number of amides is 1. The molecule has 2 aliphatic heterocycles. The predicted octanol–water partition coefficient (Wildman–Crippen LogP) is 6.80. The number of nitrogens with one attached hydrogen (secondary N) is 1. The Labute approximate surface area is 270 Å². The van der Waals surface area contributed by atoms with Crippen LogP contribution in [0.4, 0.5) is 10.5 Å². The van der Waals surface area contributed by atoms with Crippen molar-refractivity contribution in [3.63, 3.8) is 0 Å². The first kappa shape index (κ1) is 33.2. The number of allylic oxidation sites excluding steroid dienone is 2. The van der Waals surface area contributed by atoms with Gasteiger partial charge in [0.05, 0.1) is 23.6 Å². The number of hydrogen-bond acceptors (Lipinski definition) is 8. The molecule has 3 aliphatic rings. The van der Waals surface area contributed by atoms with Crippen molar-refractivity contribution in [2.24, 2.45) is 11.8 Å². The Morgan fingerprint density at radius 3 is 2.52 bits per heavy atom. The zero-order valence-corrected chi connectivity index (χ0v) is 26.6. The molecular formula is C35H45N5O6. The molecule has 246 valence electrons. The van der Waals surface area contributed by atoms with Crippen molar-refractivity contribution in [3.05, 3.63) is 88.8 Å². The average molecular weight is 632 g/mol. The Bertz CT molecular complexity index is 1480. The Balaban J connectivity index is 0.000000219. The van der Waals surface area contributed by atoms with Crippen molar-refractivity contribution in [1.82, 2.24) is 20.0 Å². The van der Waals surface area contributed by atoms with E-state index in [4.69, 9.17) is 14.2 Å². The third-order valence-corrected chi connectivity index (χ3v) is 8.95. The van der Waals surface area contributed by atoms with E-state index in [-0.39, 0.29) is 17.5 Å². The van der Waals surface area contributed by atoms with E-state index in [0.29, 0.717) is 25.1 Å². The molecule has 11 heteroatoms. The van der Waals surface area contributed by atoms with Crippen LogP contribution in [0.3, 0.4) is 0 Å². The second kappa shape index (κ2) is 16.9. The third-order valence-electron chi connectivity index (χ3n) is 8.95. The average Bonchev–Trinajstić information content (AvgIpc) is 3.53. The molecule has 0 unspecified atom stereocenters. The summed E-state index contributed by atoms with van der Waals surface area (Å²) in [5.41, 5.74) is 1.71. The standard InChI is InChI=1S/C22H32N4O4.C13H13NO2/c1-29-22-13-20-18(12-21(22)26(27)28)14-25(24-20)19-4-2-17(3-5-19)15-30-11-8-16-6-9-23-10-7-16;15-13(14-9-5-2-6-10-14)16-11-12-7-3-1-4-8-12/h12-14,16-17,19,23H,2-11,15H2,1H3;1-9H,10-11H2. The molecule has 46 heavy (non-hydrogen) atoms. The molecule has 0 atom stereocenters. The maximum atomic E-state index is 11.6. The number of nitrogens with zero attached hydrogens (tertiary/aromatic N) is 4. The van der Waals surface area contributed by atoms with Crippen LogP contribution in [0.2, 0.25) is 0 Å². The van der Waals surface area contributed by atoms with E-state index in [2.05, 4.69) is 10.4 Å². The van der Waals surface area contributed by atoms with E-state index in [1.54, 1.807) is 18.3 Å². The molecule has 1 saturated heterocycles. The van der Waals surface area contributed by atoms with Gasteiger partial charge >= 0.3 is 11.8 Å². The summed E-state index contributed by atoms with van der Waals surface area (Å²) >= 11 is 0. The summed E-state index contributed by atoms with van der Waals surface area (Å²) in [6, 6.07) is 13.2. The summed E-state index contributed by atoms with van der Waals surface area (Å²) < 4.78 is 18.3. The summed E-state index contributed by atoms with van der Waals surface area (Å²) in [6.45, 7) is 4.93. The van der Waals surface area contributed by atoms with E-state index in [1.807, 2.05) is 59.4 Å². The van der Waals surface area contributed by atoms with Gasteiger partial charge < -0.3 is 19.5 Å². The van der Waals surface area contributed by atoms with Gasteiger partial charge in [-0.2, -0.15) is 5.10 Å². The molecule has 2 aromatic carbocycles. The van der Waals surface area contributed by atoms with Gasteiger partial charge in [-0.1, -0.05) is 42.5 Å². The lowest BCUT2D eigenvalue weighted by Gasteiger charge is -2.29. The fourth-order valence-electron chi connectivity index (χ4n) is 6.20. The maximum absolute atomic E-state index is 11.6. The number of nitro benzene ring substituents is 1. The summed E-state index contributed by atoms with van der Waals surface area (Å²) in [5.74, 6) is 1.70. The number of carbonyl (C=O) groups excluding carboxylic acids is 1. The Morgan fingerprint density at radius 2 is 1.83 bits per heavy atom. The molecule has 3 aromatic rings. The number of piperidine rings is 1. The molecule has 0 radical (unpaired) electrons. The molecule has 3 heterocycles. The molecule has 1 amide bonds. The number of ether oxygens (including phenoxy) is 3. The summed E-state index contributed by atoms with van der Waals surface area (Å²) in [7, 11) is 1.45. The predicted molar refractivity (Wildman–Crippen MR) is 177 cm³/mol. The minimum absolute atomic E-state index is 0.0186. The highest BCUT2D eigenvalue weighted by Gasteiger charge is 2.25. The quantitative estimate of drug-likeness (QED) is 0.147. The molecule has 2 fully saturated rings. The van der Waals surface area contributed by atoms with Crippen LogP contribution < -0.4 is 10.1 Å². The number of fused-ring (bicyclic) bond motifs is 1. The van der Waals surface area contributed by atoms with E-state index >= 15 is 0 Å². The smallest absolute Gasteiger partial charge is 0.414 e. The van der Waals surface area contributed by atoms with Crippen LogP contribution in [0, 0.1) is 22.0 Å². The Hall–Kier alpha value is -4.22. The molecule has 0 spiro atoms. The van der Waals surface area contributed by atoms with Crippen LogP contribution in [0.25, 0.3) is 10.9 Å². The largest absolute Gasteiger partial charge is 0.490 e. The maximum Gasteiger partial charge on any atom is 0.414 e. The van der Waals surface area contributed by atoms with Gasteiger partial charge in [0.2, 0.25) is 0 Å². The van der Waals surface area contributed by atoms with Crippen LogP contribution in [0.5, 0.6) is 5.75 Å². The summed E-state index contributed by atoms with van der Waals surface area (Å²) in [6.07, 6.45) is 17.1. The number of carbonyl (C=O) groups is 1. The van der Waals surface area contributed by atoms with Crippen molar-refractivity contribution >= 4 is 22.7 Å². The van der Waals surface area contributed by atoms with Gasteiger partial charge in [0.25, 0.3) is 0 Å². The molecular weight excluding hydrogens is 586 g/mol. The van der Waals surface area contributed by atoms with Crippen molar-refractivity contribution in [2.75, 3.05) is 40.0 Å². The van der Waals surface area contributed by atoms with Crippen LogP contribution in [-0.4, -0.2) is 65.7 Å². The first-order valence-electron chi connectivity index (χ1n) is 16.3. The van der Waals surface area contributed by atoms with Crippen molar-refractivity contribution in [2.45, 2.75) is 57.6 Å². The second-order valence-corrected chi connectivity index (χ2v) is 12.1. The van der Waals surface area contributed by atoms with Gasteiger partial charge in [-0.15, -0.1) is 0 Å². The molecule has 0 bridgehead atoms. The molecule has 6 rings (SSSR count). The summed E-state index contributed by atoms with van der Waals surface area (Å²) in [4.78, 5) is 24.0. The minimum Gasteiger partial charge on any atom is -0.490 e. The Morgan fingerprint density at radius 1 is 1.04 bits per heavy atom. The molecule has 1 N–H and O–H groups in total. The lowest BCUT2D eigenvalue weighted by Crippen LogP contribution is -2.28. The van der Waals surface area contributed by atoms with Crippen molar-refractivity contribution < 1.29 is 23.9 Å². The topological polar surface area (TPSA) is 121 Å². The minimum atomic E-state index is -0.411. The van der Waals surface area contributed by atoms with Gasteiger partial charge in [-0.05, 0) is 81.5 Å². The van der Waals surface area contributed by atoms with E-state index in [0.717, 1.165) is 74.4 Å². The normalized spacial score (nSPS) is 19.8. The first-order valence-corrected chi connectivity index (χ1v) is 16.3. The number of hydrogen-bond donors (Lipinski definition) is 1. The fraction of sp³-hybridized carbons (Fsp3) is 0.486. The number of methoxy groups -OCH3 is 1. The molecule has 11 nitrogen and oxygen atoms in total. The zero-order chi connectivity index (χ0) is 32.1. The van der Waals surface area contributed by atoms with Gasteiger partial charge in [0.15, 0.2) is 5.75 Å². The van der Waals surface area contributed by atoms with Gasteiger partial charge in [-0.3, -0.25) is 19.7 Å². The van der Waals surface area contributed by atoms with Crippen LogP contribution in [-0.2, 0) is 16.1 Å². The highest BCUT2D eigenvalue weighted by Crippen LogP contribution is 2.35. The monoisotopic (exact) mass is 631 g/mol. The SMILES string of the molecule is COc1cc2nn(C3CCC(COCCC4CCNCC4)CC3)cc2cc1[N+](=O)[O-].O=C(OCc1ccccc1)N1C=CC=CC1. The summed E-state index contributed by atoms with van der Waals surface area (Å²) in [5, 5.41) is 20.1. The lowest BCUT2D eigenvalue weighted by atomic mass is 9.86. The molecule has 1 saturated carbocycles. The van der Waals surface area contributed by atoms with Crippen molar-refractivity contribution in [3.8, 4) is 5.75 Å². The first-order chi connectivity index (χ1) is 22.5. The number of benzene rings is 2. The van der Waals surface area contributed by atoms with Gasteiger partial charge in [0, 0.05) is 49.7 Å². The van der Waals surface area contributed by atoms with Crippen LogP contribution in [0.1, 0.15) is 56.6 Å².